The van der Waals surface area contributed by atoms with E-state index in [1.54, 1.807) is 0 Å². The molecule has 0 aromatic heterocycles. The lowest BCUT2D eigenvalue weighted by Crippen LogP contribution is -2.49. The summed E-state index contributed by atoms with van der Waals surface area (Å²) in [6.07, 6.45) is -0.394. The van der Waals surface area contributed by atoms with Crippen molar-refractivity contribution in [3.05, 3.63) is 29.8 Å². The Morgan fingerprint density at radius 1 is 1.41 bits per heavy atom. The monoisotopic (exact) mass is 305 g/mol. The van der Waals surface area contributed by atoms with Gasteiger partial charge in [-0.25, -0.2) is 0 Å². The average molecular weight is 305 g/mol. The summed E-state index contributed by atoms with van der Waals surface area (Å²) in [5, 5.41) is 0. The quantitative estimate of drug-likeness (QED) is 0.861. The molecule has 1 amide bonds. The van der Waals surface area contributed by atoms with Crippen LogP contribution in [0.2, 0.25) is 0 Å². The van der Waals surface area contributed by atoms with Gasteiger partial charge in [-0.2, -0.15) is 0 Å². The van der Waals surface area contributed by atoms with Crippen LogP contribution in [0, 0.1) is 0 Å². The minimum absolute atomic E-state index is 0.0244. The second-order valence-corrected chi connectivity index (χ2v) is 7.00. The van der Waals surface area contributed by atoms with Crippen molar-refractivity contribution in [2.75, 3.05) is 19.7 Å². The molecule has 1 saturated heterocycles. The van der Waals surface area contributed by atoms with Crippen molar-refractivity contribution in [1.29, 1.82) is 0 Å². The third-order valence-electron chi connectivity index (χ3n) is 3.91. The van der Waals surface area contributed by atoms with Crippen LogP contribution < -0.4 is 4.74 Å². The maximum absolute atomic E-state index is 12.5. The number of morpholine rings is 1. The molecule has 1 aliphatic heterocycles. The number of carbonyl (C=O) groups excluding carboxylic acids is 1. The molecule has 0 bridgehead atoms. The zero-order chi connectivity index (χ0) is 16.3. The first-order valence-corrected chi connectivity index (χ1v) is 7.95. The smallest absolute Gasteiger partial charge is 0.263 e. The predicted molar refractivity (Wildman–Crippen MR) is 87.2 cm³/mol. The van der Waals surface area contributed by atoms with Crippen molar-refractivity contribution >= 4 is 5.91 Å². The SMILES string of the molecule is CC1CN(C(=O)C(C)Oc2cccc(C(C)(C)C)c2)CCO1. The van der Waals surface area contributed by atoms with Gasteiger partial charge in [0, 0.05) is 13.1 Å². The molecular weight excluding hydrogens is 278 g/mol. The third-order valence-corrected chi connectivity index (χ3v) is 3.91. The lowest BCUT2D eigenvalue weighted by atomic mass is 9.87. The number of hydrogen-bond donors (Lipinski definition) is 0. The van der Waals surface area contributed by atoms with E-state index in [4.69, 9.17) is 9.47 Å². The van der Waals surface area contributed by atoms with Crippen LogP contribution in [0.4, 0.5) is 0 Å². The largest absolute Gasteiger partial charge is 0.481 e. The van der Waals surface area contributed by atoms with Crippen LogP contribution >= 0.6 is 0 Å². The van der Waals surface area contributed by atoms with Gasteiger partial charge in [-0.3, -0.25) is 4.79 Å². The van der Waals surface area contributed by atoms with E-state index in [9.17, 15) is 4.79 Å². The molecule has 0 radical (unpaired) electrons. The molecule has 1 fully saturated rings. The van der Waals surface area contributed by atoms with Gasteiger partial charge in [-0.15, -0.1) is 0 Å². The van der Waals surface area contributed by atoms with Crippen LogP contribution in [0.15, 0.2) is 24.3 Å². The fraction of sp³-hybridized carbons (Fsp3) is 0.611. The first kappa shape index (κ1) is 16.8. The Morgan fingerprint density at radius 2 is 2.14 bits per heavy atom. The fourth-order valence-electron chi connectivity index (χ4n) is 2.57. The first-order valence-electron chi connectivity index (χ1n) is 7.95. The lowest BCUT2D eigenvalue weighted by molar-refractivity contribution is -0.144. The van der Waals surface area contributed by atoms with Gasteiger partial charge < -0.3 is 14.4 Å². The van der Waals surface area contributed by atoms with E-state index in [0.29, 0.717) is 19.7 Å². The highest BCUT2D eigenvalue weighted by Gasteiger charge is 2.26. The lowest BCUT2D eigenvalue weighted by Gasteiger charge is -2.33. The second-order valence-electron chi connectivity index (χ2n) is 7.00. The zero-order valence-electron chi connectivity index (χ0n) is 14.3. The Labute approximate surface area is 133 Å². The number of rotatable bonds is 3. The van der Waals surface area contributed by atoms with Crippen molar-refractivity contribution in [2.24, 2.45) is 0 Å². The summed E-state index contributed by atoms with van der Waals surface area (Å²) in [5.74, 6) is 0.769. The molecule has 22 heavy (non-hydrogen) atoms. The maximum Gasteiger partial charge on any atom is 0.263 e. The molecule has 4 nitrogen and oxygen atoms in total. The first-order chi connectivity index (χ1) is 10.3. The van der Waals surface area contributed by atoms with Crippen LogP contribution in [0.25, 0.3) is 0 Å². The fourth-order valence-corrected chi connectivity index (χ4v) is 2.57. The summed E-state index contributed by atoms with van der Waals surface area (Å²) in [7, 11) is 0. The standard InChI is InChI=1S/C18H27NO3/c1-13-12-19(9-10-21-13)17(20)14(2)22-16-8-6-7-15(11-16)18(3,4)5/h6-8,11,13-14H,9-10,12H2,1-5H3. The molecule has 0 N–H and O–H groups in total. The van der Waals surface area contributed by atoms with Crippen molar-refractivity contribution in [3.8, 4) is 5.75 Å². The highest BCUT2D eigenvalue weighted by Crippen LogP contribution is 2.26. The van der Waals surface area contributed by atoms with E-state index in [-0.39, 0.29) is 17.4 Å². The summed E-state index contributed by atoms with van der Waals surface area (Å²) >= 11 is 0. The van der Waals surface area contributed by atoms with Crippen molar-refractivity contribution < 1.29 is 14.3 Å². The molecular formula is C18H27NO3. The summed E-state index contributed by atoms with van der Waals surface area (Å²) in [6, 6.07) is 7.99. The topological polar surface area (TPSA) is 38.8 Å². The van der Waals surface area contributed by atoms with Gasteiger partial charge in [0.2, 0.25) is 0 Å². The Hall–Kier alpha value is -1.55. The number of benzene rings is 1. The molecule has 2 rings (SSSR count). The maximum atomic E-state index is 12.5. The van der Waals surface area contributed by atoms with E-state index in [2.05, 4.69) is 26.8 Å². The van der Waals surface area contributed by atoms with Crippen LogP contribution in [0.5, 0.6) is 5.75 Å². The van der Waals surface area contributed by atoms with Crippen LogP contribution in [-0.4, -0.2) is 42.7 Å². The van der Waals surface area contributed by atoms with Gasteiger partial charge in [-0.05, 0) is 37.0 Å². The summed E-state index contributed by atoms with van der Waals surface area (Å²) in [6.45, 7) is 12.2. The Kier molecular flexibility index (Phi) is 5.12. The number of nitrogens with zero attached hydrogens (tertiary/aromatic N) is 1. The highest BCUT2D eigenvalue weighted by molar-refractivity contribution is 5.81. The van der Waals surface area contributed by atoms with E-state index in [1.807, 2.05) is 36.9 Å². The molecule has 0 saturated carbocycles. The Balaban J connectivity index is 2.02. The van der Waals surface area contributed by atoms with E-state index >= 15 is 0 Å². The molecule has 4 heteroatoms. The summed E-state index contributed by atoms with van der Waals surface area (Å²) in [4.78, 5) is 14.3. The summed E-state index contributed by atoms with van der Waals surface area (Å²) in [5.41, 5.74) is 1.26. The molecule has 2 atom stereocenters. The Morgan fingerprint density at radius 3 is 2.77 bits per heavy atom. The minimum atomic E-state index is -0.486. The highest BCUT2D eigenvalue weighted by atomic mass is 16.5. The van der Waals surface area contributed by atoms with Gasteiger partial charge >= 0.3 is 0 Å². The van der Waals surface area contributed by atoms with Crippen LogP contribution in [0.1, 0.15) is 40.2 Å². The van der Waals surface area contributed by atoms with Gasteiger partial charge in [-0.1, -0.05) is 32.9 Å². The van der Waals surface area contributed by atoms with Gasteiger partial charge in [0.1, 0.15) is 5.75 Å². The zero-order valence-corrected chi connectivity index (χ0v) is 14.3. The predicted octanol–water partition coefficient (Wildman–Crippen LogP) is 3.00. The van der Waals surface area contributed by atoms with Gasteiger partial charge in [0.15, 0.2) is 6.10 Å². The molecule has 1 heterocycles. The molecule has 1 aromatic rings. The second kappa shape index (κ2) is 6.69. The van der Waals surface area contributed by atoms with Crippen molar-refractivity contribution in [2.45, 2.75) is 52.2 Å². The van der Waals surface area contributed by atoms with Crippen molar-refractivity contribution in [3.63, 3.8) is 0 Å². The van der Waals surface area contributed by atoms with Gasteiger partial charge in [0.05, 0.1) is 12.7 Å². The van der Waals surface area contributed by atoms with Crippen molar-refractivity contribution in [1.82, 2.24) is 4.90 Å². The minimum Gasteiger partial charge on any atom is -0.481 e. The number of hydrogen-bond acceptors (Lipinski definition) is 3. The normalized spacial score (nSPS) is 20.6. The van der Waals surface area contributed by atoms with Crippen LogP contribution in [0.3, 0.4) is 0 Å². The molecule has 1 aliphatic rings. The van der Waals surface area contributed by atoms with E-state index in [0.717, 1.165) is 5.75 Å². The average Bonchev–Trinajstić information content (AvgIpc) is 2.46. The number of carbonyl (C=O) groups is 1. The summed E-state index contributed by atoms with van der Waals surface area (Å²) < 4.78 is 11.3. The number of amides is 1. The van der Waals surface area contributed by atoms with E-state index < -0.39 is 6.10 Å². The van der Waals surface area contributed by atoms with Gasteiger partial charge in [0.25, 0.3) is 5.91 Å². The number of ether oxygens (including phenoxy) is 2. The van der Waals surface area contributed by atoms with E-state index in [1.165, 1.54) is 5.56 Å². The molecule has 1 aromatic carbocycles. The molecule has 122 valence electrons. The molecule has 0 aliphatic carbocycles. The molecule has 2 unspecified atom stereocenters. The molecule has 0 spiro atoms. The van der Waals surface area contributed by atoms with Crippen LogP contribution in [-0.2, 0) is 14.9 Å². The Bertz CT molecular complexity index is 521. The third kappa shape index (κ3) is 4.23.